The SMILES string of the molecule is C[C@H](O)C#Cc1ccc2c(c1)O[C@@H](CN(C)Cc1ccc(-c3ccccc3)cc1)[C@@H](C)CN([C@H](C)CO)S2(=O)=O. The van der Waals surface area contributed by atoms with Gasteiger partial charge in [0, 0.05) is 37.2 Å². The van der Waals surface area contributed by atoms with Gasteiger partial charge in [-0.15, -0.1) is 0 Å². The lowest BCUT2D eigenvalue weighted by Crippen LogP contribution is -2.49. The summed E-state index contributed by atoms with van der Waals surface area (Å²) in [5.74, 6) is 5.64. The number of hydrogen-bond acceptors (Lipinski definition) is 6. The van der Waals surface area contributed by atoms with Crippen LogP contribution in [0, 0.1) is 17.8 Å². The van der Waals surface area contributed by atoms with Gasteiger partial charge in [0.15, 0.2) is 0 Å². The van der Waals surface area contributed by atoms with Gasteiger partial charge in [-0.1, -0.05) is 73.4 Å². The van der Waals surface area contributed by atoms with Crippen LogP contribution in [0.15, 0.2) is 77.7 Å². The Bertz CT molecular complexity index is 1450. The lowest BCUT2D eigenvalue weighted by Gasteiger charge is -2.37. The molecule has 7 nitrogen and oxygen atoms in total. The number of aliphatic hydroxyl groups excluding tert-OH is 2. The minimum absolute atomic E-state index is 0.0476. The maximum absolute atomic E-state index is 13.6. The second-order valence-corrected chi connectivity index (χ2v) is 12.5. The molecule has 3 aromatic rings. The van der Waals surface area contributed by atoms with E-state index < -0.39 is 22.2 Å². The second kappa shape index (κ2) is 13.0. The fraction of sp³-hybridized carbons (Fsp3) is 0.375. The number of fused-ring (bicyclic) bond motifs is 1. The molecule has 4 atom stereocenters. The van der Waals surface area contributed by atoms with Crippen molar-refractivity contribution in [3.05, 3.63) is 83.9 Å². The van der Waals surface area contributed by atoms with Crippen molar-refractivity contribution >= 4 is 10.0 Å². The number of aliphatic hydroxyl groups is 2. The molecule has 1 heterocycles. The van der Waals surface area contributed by atoms with Crippen LogP contribution in [-0.2, 0) is 16.6 Å². The van der Waals surface area contributed by atoms with Crippen LogP contribution in [0.3, 0.4) is 0 Å². The summed E-state index contributed by atoms with van der Waals surface area (Å²) in [5.41, 5.74) is 4.05. The highest BCUT2D eigenvalue weighted by atomic mass is 32.2. The maximum Gasteiger partial charge on any atom is 0.247 e. The smallest absolute Gasteiger partial charge is 0.247 e. The standard InChI is InChI=1S/C32H38N2O5S/c1-23-19-34(24(2)22-35)40(37,38)32-17-14-26(11-10-25(3)36)18-30(32)39-31(23)21-33(4)20-27-12-15-29(16-13-27)28-8-6-5-7-9-28/h5-9,12-18,23-25,31,35-36H,19-22H2,1-4H3/t23-,24+,25-,31-/m0/s1. The van der Waals surface area contributed by atoms with E-state index in [4.69, 9.17) is 4.74 Å². The fourth-order valence-electron chi connectivity index (χ4n) is 4.83. The predicted molar refractivity (Wildman–Crippen MR) is 157 cm³/mol. The van der Waals surface area contributed by atoms with E-state index in [2.05, 4.69) is 53.1 Å². The van der Waals surface area contributed by atoms with Crippen molar-refractivity contribution < 1.29 is 23.4 Å². The highest BCUT2D eigenvalue weighted by Crippen LogP contribution is 2.34. The fourth-order valence-corrected chi connectivity index (χ4v) is 6.65. The Hall–Kier alpha value is -3.19. The molecule has 0 saturated carbocycles. The molecule has 0 aliphatic carbocycles. The van der Waals surface area contributed by atoms with Crippen molar-refractivity contribution in [1.29, 1.82) is 0 Å². The number of rotatable bonds is 7. The van der Waals surface area contributed by atoms with Crippen molar-refractivity contribution in [3.63, 3.8) is 0 Å². The topological polar surface area (TPSA) is 90.3 Å². The Morgan fingerprint density at radius 1 is 1.05 bits per heavy atom. The van der Waals surface area contributed by atoms with Crippen LogP contribution in [0.4, 0.5) is 0 Å². The highest BCUT2D eigenvalue weighted by molar-refractivity contribution is 7.89. The molecule has 2 N–H and O–H groups in total. The van der Waals surface area contributed by atoms with Gasteiger partial charge in [0.25, 0.3) is 0 Å². The van der Waals surface area contributed by atoms with Gasteiger partial charge in [-0.05, 0) is 55.8 Å². The highest BCUT2D eigenvalue weighted by Gasteiger charge is 2.38. The molecule has 40 heavy (non-hydrogen) atoms. The molecule has 0 radical (unpaired) electrons. The summed E-state index contributed by atoms with van der Waals surface area (Å²) < 4.78 is 35.1. The Morgan fingerprint density at radius 2 is 1.73 bits per heavy atom. The summed E-state index contributed by atoms with van der Waals surface area (Å²) in [6.07, 6.45) is -1.13. The van der Waals surface area contributed by atoms with Gasteiger partial charge in [0.05, 0.1) is 6.61 Å². The lowest BCUT2D eigenvalue weighted by molar-refractivity contribution is 0.0733. The molecule has 0 amide bonds. The summed E-state index contributed by atoms with van der Waals surface area (Å²) >= 11 is 0. The van der Waals surface area contributed by atoms with Gasteiger partial charge in [0.1, 0.15) is 22.9 Å². The Balaban J connectivity index is 1.59. The van der Waals surface area contributed by atoms with E-state index >= 15 is 0 Å². The monoisotopic (exact) mass is 562 g/mol. The first kappa shape index (κ1) is 29.8. The maximum atomic E-state index is 13.6. The van der Waals surface area contributed by atoms with Gasteiger partial charge in [-0.25, -0.2) is 8.42 Å². The molecule has 212 valence electrons. The number of likely N-dealkylation sites (N-methyl/N-ethyl adjacent to an activating group) is 1. The molecular weight excluding hydrogens is 524 g/mol. The first-order valence-corrected chi connectivity index (χ1v) is 15.0. The van der Waals surface area contributed by atoms with Crippen LogP contribution in [0.1, 0.15) is 31.9 Å². The van der Waals surface area contributed by atoms with Crippen LogP contribution in [0.25, 0.3) is 11.1 Å². The third-order valence-electron chi connectivity index (χ3n) is 7.10. The number of sulfonamides is 1. The van der Waals surface area contributed by atoms with Crippen molar-refractivity contribution in [2.75, 3.05) is 26.7 Å². The van der Waals surface area contributed by atoms with Crippen LogP contribution in [-0.4, -0.2) is 72.8 Å². The molecule has 0 unspecified atom stereocenters. The van der Waals surface area contributed by atoms with Gasteiger partial charge < -0.3 is 14.9 Å². The van der Waals surface area contributed by atoms with Gasteiger partial charge >= 0.3 is 0 Å². The quantitative estimate of drug-likeness (QED) is 0.424. The molecule has 4 rings (SSSR count). The van der Waals surface area contributed by atoms with E-state index in [1.54, 1.807) is 26.0 Å². The molecule has 0 aromatic heterocycles. The van der Waals surface area contributed by atoms with E-state index in [9.17, 15) is 18.6 Å². The zero-order chi connectivity index (χ0) is 28.9. The van der Waals surface area contributed by atoms with Crippen LogP contribution in [0.5, 0.6) is 5.75 Å². The predicted octanol–water partition coefficient (Wildman–Crippen LogP) is 3.99. The average Bonchev–Trinajstić information content (AvgIpc) is 2.94. The van der Waals surface area contributed by atoms with Gasteiger partial charge in [0.2, 0.25) is 10.0 Å². The van der Waals surface area contributed by atoms with Crippen LogP contribution >= 0.6 is 0 Å². The molecule has 1 aliphatic rings. The normalized spacial score (nSPS) is 20.3. The van der Waals surface area contributed by atoms with Gasteiger partial charge in [-0.3, -0.25) is 4.90 Å². The van der Waals surface area contributed by atoms with Crippen molar-refractivity contribution in [2.24, 2.45) is 5.92 Å². The molecule has 3 aromatic carbocycles. The van der Waals surface area contributed by atoms with Crippen molar-refractivity contribution in [3.8, 4) is 28.7 Å². The summed E-state index contributed by atoms with van der Waals surface area (Å²) in [4.78, 5) is 2.22. The summed E-state index contributed by atoms with van der Waals surface area (Å²) in [5, 5.41) is 19.4. The van der Waals surface area contributed by atoms with Gasteiger partial charge in [-0.2, -0.15) is 4.31 Å². The first-order chi connectivity index (χ1) is 19.1. The van der Waals surface area contributed by atoms with E-state index in [-0.39, 0.29) is 35.8 Å². The summed E-state index contributed by atoms with van der Waals surface area (Å²) in [6.45, 7) is 6.44. The number of nitrogens with zero attached hydrogens (tertiary/aromatic N) is 2. The minimum Gasteiger partial charge on any atom is -0.487 e. The molecule has 8 heteroatoms. The number of benzene rings is 3. The third-order valence-corrected chi connectivity index (χ3v) is 9.12. The van der Waals surface area contributed by atoms with E-state index in [0.717, 1.165) is 11.1 Å². The third kappa shape index (κ3) is 7.11. The Labute approximate surface area is 238 Å². The number of ether oxygens (including phenoxy) is 1. The Morgan fingerprint density at radius 3 is 2.38 bits per heavy atom. The molecule has 0 saturated heterocycles. The van der Waals surface area contributed by atoms with Crippen LogP contribution in [0.2, 0.25) is 0 Å². The molecule has 0 spiro atoms. The van der Waals surface area contributed by atoms with E-state index in [1.807, 2.05) is 32.2 Å². The largest absolute Gasteiger partial charge is 0.487 e. The zero-order valence-electron chi connectivity index (χ0n) is 23.5. The Kier molecular flexibility index (Phi) is 9.67. The molecule has 0 bridgehead atoms. The first-order valence-electron chi connectivity index (χ1n) is 13.5. The van der Waals surface area contributed by atoms with Crippen molar-refractivity contribution in [1.82, 2.24) is 9.21 Å². The van der Waals surface area contributed by atoms with E-state index in [1.165, 1.54) is 15.9 Å². The molecule has 1 aliphatic heterocycles. The zero-order valence-corrected chi connectivity index (χ0v) is 24.3. The number of hydrogen-bond donors (Lipinski definition) is 2. The van der Waals surface area contributed by atoms with Crippen molar-refractivity contribution in [2.45, 2.75) is 50.5 Å². The lowest BCUT2D eigenvalue weighted by atomic mass is 10.0. The molecular formula is C32H38N2O5S. The minimum atomic E-state index is -3.93. The summed E-state index contributed by atoms with van der Waals surface area (Å²) in [7, 11) is -1.90. The van der Waals surface area contributed by atoms with Crippen LogP contribution < -0.4 is 4.74 Å². The molecule has 0 fully saturated rings. The summed E-state index contributed by atoms with van der Waals surface area (Å²) in [6, 6.07) is 22.9. The average molecular weight is 563 g/mol. The second-order valence-electron chi connectivity index (χ2n) is 10.6. The van der Waals surface area contributed by atoms with E-state index in [0.29, 0.717) is 18.7 Å².